The molecule has 1 aromatic rings. The van der Waals surface area contributed by atoms with Gasteiger partial charge in [0.15, 0.2) is 0 Å². The van der Waals surface area contributed by atoms with Gasteiger partial charge >= 0.3 is 0 Å². The topological polar surface area (TPSA) is 12.0 Å². The molecule has 106 valence electrons. The van der Waals surface area contributed by atoms with Gasteiger partial charge in [-0.2, -0.15) is 0 Å². The number of halogens is 1. The molecule has 19 heavy (non-hydrogen) atoms. The van der Waals surface area contributed by atoms with Crippen LogP contribution in [0.25, 0.3) is 0 Å². The Bertz CT molecular complexity index is 407. The molecule has 0 radical (unpaired) electrons. The van der Waals surface area contributed by atoms with Gasteiger partial charge in [0, 0.05) is 17.0 Å². The van der Waals surface area contributed by atoms with Gasteiger partial charge in [-0.05, 0) is 59.7 Å². The Labute approximate surface area is 129 Å². The van der Waals surface area contributed by atoms with Crippen LogP contribution in [0.1, 0.15) is 74.3 Å². The third-order valence-corrected chi connectivity index (χ3v) is 6.34. The Morgan fingerprint density at radius 1 is 1.00 bits per heavy atom. The first-order chi connectivity index (χ1) is 9.33. The van der Waals surface area contributed by atoms with Crippen molar-refractivity contribution in [2.75, 3.05) is 0 Å². The summed E-state index contributed by atoms with van der Waals surface area (Å²) in [6, 6.07) is 3.74. The molecule has 1 N–H and O–H groups in total. The van der Waals surface area contributed by atoms with Crippen molar-refractivity contribution in [3.63, 3.8) is 0 Å². The lowest BCUT2D eigenvalue weighted by Gasteiger charge is -2.30. The van der Waals surface area contributed by atoms with Crippen LogP contribution in [-0.4, -0.2) is 6.04 Å². The summed E-state index contributed by atoms with van der Waals surface area (Å²) in [5, 5.41) is 3.98. The Kier molecular flexibility index (Phi) is 4.99. The zero-order valence-electron chi connectivity index (χ0n) is 11.6. The minimum absolute atomic E-state index is 0.621. The first kappa shape index (κ1) is 14.1. The van der Waals surface area contributed by atoms with Gasteiger partial charge in [0.2, 0.25) is 0 Å². The molecular weight excluding hydrogens is 318 g/mol. The van der Waals surface area contributed by atoms with Crippen LogP contribution < -0.4 is 5.32 Å². The van der Waals surface area contributed by atoms with E-state index in [0.29, 0.717) is 6.04 Å². The number of nitrogens with one attached hydrogen (secondary N) is 1. The van der Waals surface area contributed by atoms with Gasteiger partial charge in [-0.25, -0.2) is 0 Å². The van der Waals surface area contributed by atoms with Gasteiger partial charge in [0.25, 0.3) is 0 Å². The molecule has 2 aliphatic carbocycles. The van der Waals surface area contributed by atoms with Gasteiger partial charge in [0.05, 0.1) is 3.79 Å². The summed E-state index contributed by atoms with van der Waals surface area (Å²) in [6.45, 7) is 0. The van der Waals surface area contributed by atoms with E-state index < -0.39 is 0 Å². The molecule has 3 rings (SSSR count). The molecule has 0 saturated heterocycles. The lowest BCUT2D eigenvalue weighted by atomic mass is 9.91. The predicted octanol–water partition coefficient (Wildman–Crippen LogP) is 5.59. The third kappa shape index (κ3) is 3.62. The highest BCUT2D eigenvalue weighted by Gasteiger charge is 2.24. The zero-order valence-corrected chi connectivity index (χ0v) is 14.0. The summed E-state index contributed by atoms with van der Waals surface area (Å²) in [4.78, 5) is 1.61. The van der Waals surface area contributed by atoms with Crippen molar-refractivity contribution >= 4 is 27.3 Å². The van der Waals surface area contributed by atoms with E-state index in [0.717, 1.165) is 6.04 Å². The Morgan fingerprint density at radius 3 is 2.53 bits per heavy atom. The first-order valence-electron chi connectivity index (χ1n) is 7.87. The zero-order chi connectivity index (χ0) is 13.1. The van der Waals surface area contributed by atoms with Gasteiger partial charge < -0.3 is 5.32 Å². The van der Waals surface area contributed by atoms with Gasteiger partial charge in [-0.1, -0.05) is 32.1 Å². The van der Waals surface area contributed by atoms with Crippen LogP contribution in [0.5, 0.6) is 0 Å². The molecule has 0 bridgehead atoms. The quantitative estimate of drug-likeness (QED) is 0.739. The highest BCUT2D eigenvalue weighted by Crippen LogP contribution is 2.38. The number of fused-ring (bicyclic) bond motifs is 1. The Balaban J connectivity index is 1.65. The summed E-state index contributed by atoms with van der Waals surface area (Å²) in [6.07, 6.45) is 13.9. The van der Waals surface area contributed by atoms with Crippen LogP contribution in [-0.2, 0) is 6.42 Å². The number of aryl methyl sites for hydroxylation is 1. The molecule has 1 heterocycles. The minimum Gasteiger partial charge on any atom is -0.307 e. The van der Waals surface area contributed by atoms with Gasteiger partial charge in [-0.15, -0.1) is 11.3 Å². The second kappa shape index (κ2) is 6.73. The van der Waals surface area contributed by atoms with E-state index in [1.54, 1.807) is 10.4 Å². The van der Waals surface area contributed by atoms with Crippen molar-refractivity contribution in [2.45, 2.75) is 76.3 Å². The van der Waals surface area contributed by atoms with E-state index in [1.807, 2.05) is 11.3 Å². The van der Waals surface area contributed by atoms with E-state index in [-0.39, 0.29) is 0 Å². The molecule has 1 nitrogen and oxygen atoms in total. The number of thiophene rings is 1. The van der Waals surface area contributed by atoms with E-state index >= 15 is 0 Å². The largest absolute Gasteiger partial charge is 0.307 e. The molecule has 0 aliphatic heterocycles. The normalized spacial score (nSPS) is 25.6. The molecule has 0 aromatic carbocycles. The maximum atomic E-state index is 3.98. The standard InChI is InChI=1S/C16H24BrNS/c17-16-11-13-14(9-6-10-15(13)19-16)18-12-7-4-2-1-3-5-8-12/h11-12,14,18H,1-10H2. The highest BCUT2D eigenvalue weighted by atomic mass is 79.9. The number of hydrogen-bond acceptors (Lipinski definition) is 2. The van der Waals surface area contributed by atoms with Crippen LogP contribution in [0.2, 0.25) is 0 Å². The second-order valence-corrected chi connectivity index (χ2v) is 8.60. The summed E-state index contributed by atoms with van der Waals surface area (Å²) in [5.41, 5.74) is 1.59. The third-order valence-electron chi connectivity index (χ3n) is 4.63. The fourth-order valence-electron chi connectivity index (χ4n) is 3.60. The summed E-state index contributed by atoms with van der Waals surface area (Å²) in [5.74, 6) is 0. The van der Waals surface area contributed by atoms with Gasteiger partial charge in [0.1, 0.15) is 0 Å². The molecule has 1 fully saturated rings. The molecule has 1 unspecified atom stereocenters. The fourth-order valence-corrected chi connectivity index (χ4v) is 5.42. The van der Waals surface area contributed by atoms with Crippen LogP contribution in [0.3, 0.4) is 0 Å². The maximum absolute atomic E-state index is 3.98. The average Bonchev–Trinajstić information content (AvgIpc) is 2.73. The molecule has 3 heteroatoms. The van der Waals surface area contributed by atoms with Gasteiger partial charge in [-0.3, -0.25) is 0 Å². The molecule has 0 spiro atoms. The second-order valence-electron chi connectivity index (χ2n) is 6.08. The van der Waals surface area contributed by atoms with E-state index in [1.165, 1.54) is 68.0 Å². The summed E-state index contributed by atoms with van der Waals surface area (Å²) >= 11 is 5.60. The van der Waals surface area contributed by atoms with Crippen molar-refractivity contribution in [3.05, 3.63) is 20.3 Å². The molecule has 1 aromatic heterocycles. The van der Waals surface area contributed by atoms with Crippen molar-refractivity contribution in [1.29, 1.82) is 0 Å². The van der Waals surface area contributed by atoms with Crippen molar-refractivity contribution in [1.82, 2.24) is 5.32 Å². The van der Waals surface area contributed by atoms with Crippen LogP contribution in [0.15, 0.2) is 9.85 Å². The lowest BCUT2D eigenvalue weighted by molar-refractivity contribution is 0.335. The van der Waals surface area contributed by atoms with Crippen molar-refractivity contribution in [3.8, 4) is 0 Å². The first-order valence-corrected chi connectivity index (χ1v) is 9.48. The Hall–Kier alpha value is 0.140. The van der Waals surface area contributed by atoms with Crippen LogP contribution >= 0.6 is 27.3 Å². The van der Waals surface area contributed by atoms with Crippen LogP contribution in [0.4, 0.5) is 0 Å². The van der Waals surface area contributed by atoms with E-state index in [4.69, 9.17) is 0 Å². The number of hydrogen-bond donors (Lipinski definition) is 1. The SMILES string of the molecule is Brc1cc2c(s1)CCCC2NC1CCCCCCC1. The van der Waals surface area contributed by atoms with E-state index in [2.05, 4.69) is 27.3 Å². The molecule has 0 amide bonds. The fraction of sp³-hybridized carbons (Fsp3) is 0.750. The highest BCUT2D eigenvalue weighted by molar-refractivity contribution is 9.11. The molecular formula is C16H24BrNS. The number of rotatable bonds is 2. The monoisotopic (exact) mass is 341 g/mol. The van der Waals surface area contributed by atoms with Crippen molar-refractivity contribution < 1.29 is 0 Å². The summed E-state index contributed by atoms with van der Waals surface area (Å²) in [7, 11) is 0. The smallest absolute Gasteiger partial charge is 0.0704 e. The molecule has 1 atom stereocenters. The molecule has 2 aliphatic rings. The van der Waals surface area contributed by atoms with Crippen LogP contribution in [0, 0.1) is 0 Å². The lowest BCUT2D eigenvalue weighted by Crippen LogP contribution is -2.34. The van der Waals surface area contributed by atoms with Crippen molar-refractivity contribution in [2.24, 2.45) is 0 Å². The Morgan fingerprint density at radius 2 is 1.74 bits per heavy atom. The maximum Gasteiger partial charge on any atom is 0.0704 e. The predicted molar refractivity (Wildman–Crippen MR) is 86.9 cm³/mol. The van der Waals surface area contributed by atoms with E-state index in [9.17, 15) is 0 Å². The molecule has 1 saturated carbocycles. The summed E-state index contributed by atoms with van der Waals surface area (Å²) < 4.78 is 1.31. The minimum atomic E-state index is 0.621. The average molecular weight is 342 g/mol.